The normalized spacial score (nSPS) is 11.8. The third-order valence-electron chi connectivity index (χ3n) is 3.55. The predicted molar refractivity (Wildman–Crippen MR) is 91.7 cm³/mol. The summed E-state index contributed by atoms with van der Waals surface area (Å²) >= 11 is 0. The summed E-state index contributed by atoms with van der Waals surface area (Å²) in [6.07, 6.45) is 3.33. The van der Waals surface area contributed by atoms with Gasteiger partial charge < -0.3 is 15.4 Å². The van der Waals surface area contributed by atoms with Gasteiger partial charge in [-0.2, -0.15) is 0 Å². The van der Waals surface area contributed by atoms with E-state index in [1.807, 2.05) is 44.2 Å². The van der Waals surface area contributed by atoms with E-state index in [1.54, 1.807) is 19.5 Å². The number of benzene rings is 1. The molecule has 2 N–H and O–H groups in total. The number of hydrogen-bond acceptors (Lipinski definition) is 4. The highest BCUT2D eigenvalue weighted by molar-refractivity contribution is 5.95. The number of pyridine rings is 1. The van der Waals surface area contributed by atoms with Crippen LogP contribution in [0.1, 0.15) is 24.2 Å². The molecule has 0 saturated heterocycles. The number of hydrogen-bond donors (Lipinski definition) is 2. The second-order valence-corrected chi connectivity index (χ2v) is 5.36. The molecule has 1 aromatic heterocycles. The number of nitrogens with zero attached hydrogens (tertiary/aromatic N) is 1. The molecule has 5 nitrogen and oxygen atoms in total. The summed E-state index contributed by atoms with van der Waals surface area (Å²) in [5.41, 5.74) is 2.45. The molecule has 0 bridgehead atoms. The molecule has 2 aromatic rings. The Labute approximate surface area is 137 Å². The summed E-state index contributed by atoms with van der Waals surface area (Å²) in [5.74, 6) is 0.686. The molecule has 1 atom stereocenters. The van der Waals surface area contributed by atoms with Crippen LogP contribution in [0.3, 0.4) is 0 Å². The maximum Gasteiger partial charge on any atom is 0.252 e. The SMILES string of the molecule is CCN[C@H](C)CNC(=O)c1cncc(-c2ccc(OC)cc2)c1. The molecule has 1 amide bonds. The van der Waals surface area contributed by atoms with E-state index in [0.717, 1.165) is 23.4 Å². The Hall–Kier alpha value is -2.40. The van der Waals surface area contributed by atoms with Crippen LogP contribution in [0.15, 0.2) is 42.7 Å². The second-order valence-electron chi connectivity index (χ2n) is 5.36. The molecule has 2 rings (SSSR count). The van der Waals surface area contributed by atoms with Gasteiger partial charge in [0.2, 0.25) is 0 Å². The molecule has 1 aromatic carbocycles. The van der Waals surface area contributed by atoms with E-state index in [9.17, 15) is 4.79 Å². The molecule has 1 heterocycles. The molecule has 5 heteroatoms. The fraction of sp³-hybridized carbons (Fsp3) is 0.333. The van der Waals surface area contributed by atoms with Crippen molar-refractivity contribution in [1.82, 2.24) is 15.6 Å². The number of carbonyl (C=O) groups excluding carboxylic acids is 1. The minimum absolute atomic E-state index is 0.113. The first-order valence-electron chi connectivity index (χ1n) is 7.75. The van der Waals surface area contributed by atoms with Crippen molar-refractivity contribution >= 4 is 5.91 Å². The first-order valence-corrected chi connectivity index (χ1v) is 7.75. The van der Waals surface area contributed by atoms with E-state index in [1.165, 1.54) is 0 Å². The second kappa shape index (κ2) is 8.29. The van der Waals surface area contributed by atoms with Gasteiger partial charge in [0, 0.05) is 30.5 Å². The van der Waals surface area contributed by atoms with E-state index in [4.69, 9.17) is 4.74 Å². The van der Waals surface area contributed by atoms with Gasteiger partial charge in [0.1, 0.15) is 5.75 Å². The van der Waals surface area contributed by atoms with Gasteiger partial charge in [-0.3, -0.25) is 9.78 Å². The molecule has 122 valence electrons. The van der Waals surface area contributed by atoms with E-state index in [-0.39, 0.29) is 11.9 Å². The molecular weight excluding hydrogens is 290 g/mol. The van der Waals surface area contributed by atoms with Gasteiger partial charge in [0.05, 0.1) is 12.7 Å². The van der Waals surface area contributed by atoms with Crippen LogP contribution in [0.4, 0.5) is 0 Å². The lowest BCUT2D eigenvalue weighted by Gasteiger charge is -2.13. The summed E-state index contributed by atoms with van der Waals surface area (Å²) in [5, 5.41) is 6.18. The number of aromatic nitrogens is 1. The van der Waals surface area contributed by atoms with Crippen LogP contribution in [0.5, 0.6) is 5.75 Å². The number of amides is 1. The van der Waals surface area contributed by atoms with Crippen LogP contribution >= 0.6 is 0 Å². The van der Waals surface area contributed by atoms with Crippen molar-refractivity contribution in [3.63, 3.8) is 0 Å². The van der Waals surface area contributed by atoms with Crippen LogP contribution < -0.4 is 15.4 Å². The third kappa shape index (κ3) is 4.79. The van der Waals surface area contributed by atoms with Gasteiger partial charge in [0.15, 0.2) is 0 Å². The summed E-state index contributed by atoms with van der Waals surface area (Å²) in [4.78, 5) is 16.4. The summed E-state index contributed by atoms with van der Waals surface area (Å²) in [6, 6.07) is 9.76. The largest absolute Gasteiger partial charge is 0.497 e. The van der Waals surface area contributed by atoms with Gasteiger partial charge in [-0.15, -0.1) is 0 Å². The highest BCUT2D eigenvalue weighted by Crippen LogP contribution is 2.22. The minimum atomic E-state index is -0.113. The van der Waals surface area contributed by atoms with E-state index in [0.29, 0.717) is 12.1 Å². The first-order chi connectivity index (χ1) is 11.1. The van der Waals surface area contributed by atoms with Crippen LogP contribution in [0.25, 0.3) is 11.1 Å². The average molecular weight is 313 g/mol. The van der Waals surface area contributed by atoms with Gasteiger partial charge >= 0.3 is 0 Å². The number of likely N-dealkylation sites (N-methyl/N-ethyl adjacent to an activating group) is 1. The zero-order valence-electron chi connectivity index (χ0n) is 13.8. The van der Waals surface area contributed by atoms with E-state index >= 15 is 0 Å². The average Bonchev–Trinajstić information content (AvgIpc) is 2.60. The Balaban J connectivity index is 2.07. The first kappa shape index (κ1) is 17.0. The predicted octanol–water partition coefficient (Wildman–Crippen LogP) is 2.49. The maximum absolute atomic E-state index is 12.2. The Kier molecular flexibility index (Phi) is 6.11. The summed E-state index contributed by atoms with van der Waals surface area (Å²) < 4.78 is 5.16. The Bertz CT molecular complexity index is 641. The molecule has 0 saturated carbocycles. The van der Waals surface area contributed by atoms with Gasteiger partial charge in [-0.1, -0.05) is 19.1 Å². The summed E-state index contributed by atoms with van der Waals surface area (Å²) in [7, 11) is 1.63. The maximum atomic E-state index is 12.2. The van der Waals surface area contributed by atoms with E-state index in [2.05, 4.69) is 15.6 Å². The molecule has 0 aliphatic heterocycles. The Morgan fingerprint density at radius 3 is 2.61 bits per heavy atom. The fourth-order valence-electron chi connectivity index (χ4n) is 2.27. The number of rotatable bonds is 7. The molecule has 0 radical (unpaired) electrons. The van der Waals surface area contributed by atoms with Gasteiger partial charge in [-0.25, -0.2) is 0 Å². The molecule has 0 aliphatic carbocycles. The monoisotopic (exact) mass is 313 g/mol. The molecule has 0 fully saturated rings. The van der Waals surface area contributed by atoms with Gasteiger partial charge in [0.25, 0.3) is 5.91 Å². The van der Waals surface area contributed by atoms with Crippen LogP contribution in [-0.2, 0) is 0 Å². The number of ether oxygens (including phenoxy) is 1. The molecule has 23 heavy (non-hydrogen) atoms. The molecule has 0 aliphatic rings. The van der Waals surface area contributed by atoms with Gasteiger partial charge in [-0.05, 0) is 37.2 Å². The molecule has 0 unspecified atom stereocenters. The van der Waals surface area contributed by atoms with Crippen molar-refractivity contribution in [2.45, 2.75) is 19.9 Å². The van der Waals surface area contributed by atoms with Crippen molar-refractivity contribution in [2.75, 3.05) is 20.2 Å². The van der Waals surface area contributed by atoms with Crippen LogP contribution in [0.2, 0.25) is 0 Å². The lowest BCUT2D eigenvalue weighted by molar-refractivity contribution is 0.0950. The van der Waals surface area contributed by atoms with Crippen molar-refractivity contribution in [3.8, 4) is 16.9 Å². The van der Waals surface area contributed by atoms with Crippen molar-refractivity contribution < 1.29 is 9.53 Å². The van der Waals surface area contributed by atoms with Crippen molar-refractivity contribution in [1.29, 1.82) is 0 Å². The zero-order valence-corrected chi connectivity index (χ0v) is 13.8. The lowest BCUT2D eigenvalue weighted by Crippen LogP contribution is -2.38. The minimum Gasteiger partial charge on any atom is -0.497 e. The topological polar surface area (TPSA) is 63.2 Å². The number of carbonyl (C=O) groups is 1. The zero-order chi connectivity index (χ0) is 16.7. The third-order valence-corrected chi connectivity index (χ3v) is 3.55. The number of methoxy groups -OCH3 is 1. The van der Waals surface area contributed by atoms with Crippen LogP contribution in [0, 0.1) is 0 Å². The molecule has 0 spiro atoms. The van der Waals surface area contributed by atoms with Crippen molar-refractivity contribution in [3.05, 3.63) is 48.3 Å². The van der Waals surface area contributed by atoms with E-state index < -0.39 is 0 Å². The lowest BCUT2D eigenvalue weighted by atomic mass is 10.1. The Morgan fingerprint density at radius 2 is 1.96 bits per heavy atom. The highest BCUT2D eigenvalue weighted by Gasteiger charge is 2.09. The molecular formula is C18H23N3O2. The number of nitrogens with one attached hydrogen (secondary N) is 2. The fourth-order valence-corrected chi connectivity index (χ4v) is 2.27. The van der Waals surface area contributed by atoms with Crippen LogP contribution in [-0.4, -0.2) is 37.1 Å². The Morgan fingerprint density at radius 1 is 1.22 bits per heavy atom. The quantitative estimate of drug-likeness (QED) is 0.824. The summed E-state index contributed by atoms with van der Waals surface area (Å²) in [6.45, 7) is 5.54. The van der Waals surface area contributed by atoms with Crippen molar-refractivity contribution in [2.24, 2.45) is 0 Å². The standard InChI is InChI=1S/C18H23N3O2/c1-4-20-13(2)10-21-18(22)16-9-15(11-19-12-16)14-5-7-17(23-3)8-6-14/h5-9,11-13,20H,4,10H2,1-3H3,(H,21,22)/t13-/m1/s1. The smallest absolute Gasteiger partial charge is 0.252 e. The highest BCUT2D eigenvalue weighted by atomic mass is 16.5.